The molecule has 0 spiro atoms. The van der Waals surface area contributed by atoms with Gasteiger partial charge in [-0.25, -0.2) is 18.3 Å². The highest BCUT2D eigenvalue weighted by atomic mass is 19.3. The lowest BCUT2D eigenvalue weighted by Gasteiger charge is -2.27. The van der Waals surface area contributed by atoms with Gasteiger partial charge in [0.05, 0.1) is 17.9 Å². The number of nitrogens with one attached hydrogen (secondary N) is 1. The highest BCUT2D eigenvalue weighted by molar-refractivity contribution is 6.08. The van der Waals surface area contributed by atoms with Crippen molar-refractivity contribution in [1.29, 1.82) is 0 Å². The van der Waals surface area contributed by atoms with Crippen LogP contribution in [0.5, 0.6) is 0 Å². The van der Waals surface area contributed by atoms with Gasteiger partial charge in [0.15, 0.2) is 11.3 Å². The molecule has 180 valence electrons. The van der Waals surface area contributed by atoms with E-state index in [0.29, 0.717) is 31.3 Å². The molecule has 1 saturated heterocycles. The van der Waals surface area contributed by atoms with E-state index >= 15 is 0 Å². The minimum absolute atomic E-state index is 0.0125. The molecule has 0 atom stereocenters. The predicted octanol–water partition coefficient (Wildman–Crippen LogP) is 4.04. The topological polar surface area (TPSA) is 97.4 Å². The maximum absolute atomic E-state index is 13.7. The van der Waals surface area contributed by atoms with Crippen LogP contribution in [0.3, 0.4) is 0 Å². The zero-order valence-corrected chi connectivity index (χ0v) is 18.7. The number of rotatable bonds is 6. The molecule has 0 aromatic carbocycles. The minimum Gasteiger partial charge on any atom is -0.357 e. The first-order valence-corrected chi connectivity index (χ1v) is 11.8. The van der Waals surface area contributed by atoms with E-state index < -0.39 is 18.0 Å². The summed E-state index contributed by atoms with van der Waals surface area (Å²) in [5, 5.41) is 10.9. The Labute approximate surface area is 195 Å². The minimum atomic E-state index is -2.84. The van der Waals surface area contributed by atoms with Crippen molar-refractivity contribution < 1.29 is 18.4 Å². The third kappa shape index (κ3) is 4.38. The monoisotopic (exact) mass is 471 g/mol. The molecule has 5 rings (SSSR count). The number of piperidine rings is 1. The van der Waals surface area contributed by atoms with Crippen molar-refractivity contribution in [2.24, 2.45) is 5.92 Å². The molecule has 34 heavy (non-hydrogen) atoms. The Morgan fingerprint density at radius 3 is 2.62 bits per heavy atom. The van der Waals surface area contributed by atoms with E-state index in [0.717, 1.165) is 38.0 Å². The van der Waals surface area contributed by atoms with Crippen LogP contribution in [0.1, 0.15) is 73.5 Å². The fraction of sp³-hybridized carbons (Fsp3) is 0.522. The first kappa shape index (κ1) is 22.4. The van der Waals surface area contributed by atoms with Crippen molar-refractivity contribution in [3.63, 3.8) is 0 Å². The summed E-state index contributed by atoms with van der Waals surface area (Å²) in [6.07, 6.45) is 8.87. The molecule has 11 heteroatoms. The van der Waals surface area contributed by atoms with Crippen LogP contribution < -0.4 is 10.2 Å². The highest BCUT2D eigenvalue weighted by Gasteiger charge is 2.27. The Morgan fingerprint density at radius 1 is 1.15 bits per heavy atom. The molecular formula is C23H27F2N7O2. The molecule has 9 nitrogen and oxygen atoms in total. The van der Waals surface area contributed by atoms with Gasteiger partial charge in [-0.15, -0.1) is 0 Å². The smallest absolute Gasteiger partial charge is 0.284 e. The summed E-state index contributed by atoms with van der Waals surface area (Å²) in [6, 6.07) is 1.79. The van der Waals surface area contributed by atoms with Crippen LogP contribution in [0, 0.1) is 5.92 Å². The van der Waals surface area contributed by atoms with Gasteiger partial charge in [0, 0.05) is 31.4 Å². The van der Waals surface area contributed by atoms with E-state index in [2.05, 4.69) is 25.4 Å². The largest absolute Gasteiger partial charge is 0.357 e. The SMILES string of the molecule is O=C[C@H]1CC[C@H](n2cc(NC(=O)c3cnn4ccc(N5CCCCC5)nc34)c(C(F)F)n2)CC1. The second-order valence-corrected chi connectivity index (χ2v) is 9.03. The highest BCUT2D eigenvalue weighted by Crippen LogP contribution is 2.34. The summed E-state index contributed by atoms with van der Waals surface area (Å²) < 4.78 is 30.4. The Balaban J connectivity index is 1.38. The van der Waals surface area contributed by atoms with E-state index in [1.807, 2.05) is 6.07 Å². The van der Waals surface area contributed by atoms with Gasteiger partial charge in [-0.3, -0.25) is 9.48 Å². The van der Waals surface area contributed by atoms with E-state index in [-0.39, 0.29) is 23.2 Å². The molecule has 1 N–H and O–H groups in total. The van der Waals surface area contributed by atoms with E-state index in [4.69, 9.17) is 0 Å². The third-order valence-electron chi connectivity index (χ3n) is 6.80. The zero-order chi connectivity index (χ0) is 23.7. The molecule has 3 aromatic heterocycles. The maximum Gasteiger partial charge on any atom is 0.284 e. The Bertz CT molecular complexity index is 1180. The Morgan fingerprint density at radius 2 is 1.91 bits per heavy atom. The molecule has 1 amide bonds. The Kier molecular flexibility index (Phi) is 6.25. The second kappa shape index (κ2) is 9.47. The standard InChI is InChI=1S/C23H27F2N7O2/c24-21(25)20-18(13-32(29-20)16-6-4-15(14-33)5-7-16)27-23(34)17-12-26-31-11-8-19(28-22(17)31)30-9-2-1-3-10-30/h8,11-16,21H,1-7,9-10H2,(H,27,34)/t15-,16-. The van der Waals surface area contributed by atoms with Crippen LogP contribution in [0.25, 0.3) is 5.65 Å². The zero-order valence-electron chi connectivity index (χ0n) is 18.7. The van der Waals surface area contributed by atoms with Crippen LogP contribution >= 0.6 is 0 Å². The number of aromatic nitrogens is 5. The molecule has 0 bridgehead atoms. The number of carbonyl (C=O) groups is 2. The van der Waals surface area contributed by atoms with Crippen molar-refractivity contribution in [1.82, 2.24) is 24.4 Å². The van der Waals surface area contributed by atoms with Crippen LogP contribution in [0.2, 0.25) is 0 Å². The summed E-state index contributed by atoms with van der Waals surface area (Å²) in [5.41, 5.74) is 0.0883. The van der Waals surface area contributed by atoms with Gasteiger partial charge in [0.1, 0.15) is 17.7 Å². The number of hydrogen-bond acceptors (Lipinski definition) is 6. The first-order valence-electron chi connectivity index (χ1n) is 11.8. The Hall–Kier alpha value is -3.37. The lowest BCUT2D eigenvalue weighted by molar-refractivity contribution is -0.112. The number of hydrogen-bond donors (Lipinski definition) is 1. The molecule has 1 aliphatic carbocycles. The maximum atomic E-state index is 13.7. The molecule has 3 aromatic rings. The van der Waals surface area contributed by atoms with Crippen LogP contribution in [0.4, 0.5) is 20.3 Å². The molecule has 0 radical (unpaired) electrons. The van der Waals surface area contributed by atoms with Crippen molar-refractivity contribution in [2.75, 3.05) is 23.3 Å². The number of nitrogens with zero attached hydrogens (tertiary/aromatic N) is 6. The third-order valence-corrected chi connectivity index (χ3v) is 6.80. The summed E-state index contributed by atoms with van der Waals surface area (Å²) >= 11 is 0. The first-order chi connectivity index (χ1) is 16.5. The average molecular weight is 472 g/mol. The number of fused-ring (bicyclic) bond motifs is 1. The molecule has 1 saturated carbocycles. The van der Waals surface area contributed by atoms with Crippen LogP contribution in [-0.4, -0.2) is 49.7 Å². The van der Waals surface area contributed by atoms with Gasteiger partial charge in [-0.2, -0.15) is 10.2 Å². The summed E-state index contributed by atoms with van der Waals surface area (Å²) in [5.74, 6) is 0.219. The van der Waals surface area contributed by atoms with Gasteiger partial charge < -0.3 is 15.0 Å². The number of anilines is 2. The van der Waals surface area contributed by atoms with E-state index in [9.17, 15) is 18.4 Å². The lowest BCUT2D eigenvalue weighted by Crippen LogP contribution is -2.30. The lowest BCUT2D eigenvalue weighted by atomic mass is 9.87. The fourth-order valence-electron chi connectivity index (χ4n) is 4.86. The van der Waals surface area contributed by atoms with Gasteiger partial charge in [-0.05, 0) is 51.0 Å². The number of halogens is 2. The van der Waals surface area contributed by atoms with Crippen LogP contribution in [0.15, 0.2) is 24.7 Å². The average Bonchev–Trinajstić information content (AvgIpc) is 3.49. The summed E-state index contributed by atoms with van der Waals surface area (Å²) in [7, 11) is 0. The molecule has 4 heterocycles. The molecular weight excluding hydrogens is 444 g/mol. The van der Waals surface area contributed by atoms with Gasteiger partial charge >= 0.3 is 0 Å². The van der Waals surface area contributed by atoms with Gasteiger partial charge in [-0.1, -0.05) is 0 Å². The van der Waals surface area contributed by atoms with Gasteiger partial charge in [0.25, 0.3) is 12.3 Å². The molecule has 2 fully saturated rings. The number of alkyl halides is 2. The normalized spacial score (nSPS) is 21.2. The number of amides is 1. The van der Waals surface area contributed by atoms with Crippen molar-refractivity contribution in [3.05, 3.63) is 35.9 Å². The number of aldehydes is 1. The second-order valence-electron chi connectivity index (χ2n) is 9.03. The van der Waals surface area contributed by atoms with Crippen LogP contribution in [-0.2, 0) is 4.79 Å². The molecule has 0 unspecified atom stereocenters. The predicted molar refractivity (Wildman–Crippen MR) is 121 cm³/mol. The molecule has 2 aliphatic rings. The fourth-order valence-corrected chi connectivity index (χ4v) is 4.86. The number of carbonyl (C=O) groups excluding carboxylic acids is 2. The van der Waals surface area contributed by atoms with Crippen molar-refractivity contribution >= 4 is 29.3 Å². The quantitative estimate of drug-likeness (QED) is 0.545. The molecule has 1 aliphatic heterocycles. The van der Waals surface area contributed by atoms with Gasteiger partial charge in [0.2, 0.25) is 0 Å². The van der Waals surface area contributed by atoms with Crippen molar-refractivity contribution in [2.45, 2.75) is 57.4 Å². The summed E-state index contributed by atoms with van der Waals surface area (Å²) in [6.45, 7) is 1.81. The van der Waals surface area contributed by atoms with E-state index in [1.54, 1.807) is 6.20 Å². The van der Waals surface area contributed by atoms with E-state index in [1.165, 1.54) is 28.0 Å². The summed E-state index contributed by atoms with van der Waals surface area (Å²) in [4.78, 5) is 30.9. The van der Waals surface area contributed by atoms with Crippen molar-refractivity contribution in [3.8, 4) is 0 Å².